The van der Waals surface area contributed by atoms with Crippen molar-refractivity contribution in [3.8, 4) is 0 Å². The Labute approximate surface area is 114 Å². The number of carbonyl (C=O) groups is 1. The van der Waals surface area contributed by atoms with Crippen LogP contribution in [0.1, 0.15) is 22.8 Å². The van der Waals surface area contributed by atoms with Crippen LogP contribution in [0.4, 0.5) is 5.69 Å². The number of amides is 1. The van der Waals surface area contributed by atoms with Crippen LogP contribution in [0, 0.1) is 6.92 Å². The first kappa shape index (κ1) is 15.5. The number of carbonyl (C=O) groups excluding carboxylic acids is 1. The van der Waals surface area contributed by atoms with Crippen LogP contribution >= 0.6 is 0 Å². The standard InChI is InChI=1S/C14H23N3O2/c1-10-11(6-5-7-12(10)15)13(18)16-8-14(2,19)9-17(3)4/h5-7,19H,8-9,15H2,1-4H3,(H,16,18). The molecule has 5 nitrogen and oxygen atoms in total. The fourth-order valence-electron chi connectivity index (χ4n) is 2.00. The van der Waals surface area contributed by atoms with E-state index >= 15 is 0 Å². The van der Waals surface area contributed by atoms with Crippen LogP contribution in [-0.2, 0) is 0 Å². The summed E-state index contributed by atoms with van der Waals surface area (Å²) in [5.74, 6) is -0.219. The Morgan fingerprint density at radius 3 is 2.68 bits per heavy atom. The Hall–Kier alpha value is -1.59. The van der Waals surface area contributed by atoms with Crippen LogP contribution in [-0.4, -0.2) is 48.7 Å². The second-order valence-corrected chi connectivity index (χ2v) is 5.44. The monoisotopic (exact) mass is 265 g/mol. The minimum Gasteiger partial charge on any atom is -0.398 e. The van der Waals surface area contributed by atoms with Crippen LogP contribution in [0.3, 0.4) is 0 Å². The van der Waals surface area contributed by atoms with Crippen molar-refractivity contribution in [3.63, 3.8) is 0 Å². The van der Waals surface area contributed by atoms with Crippen molar-refractivity contribution in [2.24, 2.45) is 0 Å². The summed E-state index contributed by atoms with van der Waals surface area (Å²) in [5.41, 5.74) is 6.69. The van der Waals surface area contributed by atoms with Crippen molar-refractivity contribution < 1.29 is 9.90 Å². The number of nitrogens with zero attached hydrogens (tertiary/aromatic N) is 1. The summed E-state index contributed by atoms with van der Waals surface area (Å²) in [6, 6.07) is 5.23. The molecule has 1 aromatic rings. The van der Waals surface area contributed by atoms with Crippen molar-refractivity contribution >= 4 is 11.6 Å². The summed E-state index contributed by atoms with van der Waals surface area (Å²) in [4.78, 5) is 13.9. The van der Waals surface area contributed by atoms with Crippen molar-refractivity contribution in [1.29, 1.82) is 0 Å². The number of hydrogen-bond donors (Lipinski definition) is 3. The highest BCUT2D eigenvalue weighted by Crippen LogP contribution is 2.15. The first-order valence-electron chi connectivity index (χ1n) is 6.23. The second kappa shape index (κ2) is 6.04. The molecule has 0 aliphatic heterocycles. The summed E-state index contributed by atoms with van der Waals surface area (Å²) in [5, 5.41) is 12.9. The van der Waals surface area contributed by atoms with Gasteiger partial charge in [-0.2, -0.15) is 0 Å². The lowest BCUT2D eigenvalue weighted by Crippen LogP contribution is -2.47. The summed E-state index contributed by atoms with van der Waals surface area (Å²) < 4.78 is 0. The van der Waals surface area contributed by atoms with Gasteiger partial charge >= 0.3 is 0 Å². The zero-order valence-corrected chi connectivity index (χ0v) is 12.0. The average Bonchev–Trinajstić information content (AvgIpc) is 2.28. The predicted octanol–water partition coefficient (Wildman–Crippen LogP) is 0.620. The molecule has 0 fully saturated rings. The molecule has 5 heteroatoms. The lowest BCUT2D eigenvalue weighted by molar-refractivity contribution is 0.0326. The predicted molar refractivity (Wildman–Crippen MR) is 77.1 cm³/mol. The van der Waals surface area contributed by atoms with E-state index in [2.05, 4.69) is 5.32 Å². The normalized spacial score (nSPS) is 14.2. The molecule has 1 atom stereocenters. The maximum absolute atomic E-state index is 12.1. The Balaban J connectivity index is 2.68. The Bertz CT molecular complexity index is 456. The van der Waals surface area contributed by atoms with Crippen LogP contribution in [0.15, 0.2) is 18.2 Å². The molecule has 106 valence electrons. The quantitative estimate of drug-likeness (QED) is 0.682. The molecule has 0 spiro atoms. The van der Waals surface area contributed by atoms with Gasteiger partial charge in [0.05, 0.1) is 5.60 Å². The molecule has 0 aliphatic rings. The Kier molecular flexibility index (Phi) is 4.91. The SMILES string of the molecule is Cc1c(N)cccc1C(=O)NCC(C)(O)CN(C)C. The van der Waals surface area contributed by atoms with Crippen LogP contribution in [0.5, 0.6) is 0 Å². The molecule has 0 saturated carbocycles. The molecule has 1 unspecified atom stereocenters. The summed E-state index contributed by atoms with van der Waals surface area (Å²) in [7, 11) is 3.75. The third-order valence-electron chi connectivity index (χ3n) is 2.91. The number of nitrogens with two attached hydrogens (primary N) is 1. The molecule has 19 heavy (non-hydrogen) atoms. The van der Waals surface area contributed by atoms with Gasteiger partial charge in [-0.25, -0.2) is 0 Å². The first-order chi connectivity index (χ1) is 8.73. The molecule has 1 amide bonds. The molecular formula is C14H23N3O2. The number of hydrogen-bond acceptors (Lipinski definition) is 4. The largest absolute Gasteiger partial charge is 0.398 e. The van der Waals surface area contributed by atoms with E-state index in [0.717, 1.165) is 5.56 Å². The third-order valence-corrected chi connectivity index (χ3v) is 2.91. The molecule has 0 bridgehead atoms. The maximum atomic E-state index is 12.1. The third kappa shape index (κ3) is 4.54. The number of nitrogens with one attached hydrogen (secondary N) is 1. The smallest absolute Gasteiger partial charge is 0.251 e. The van der Waals surface area contributed by atoms with Gasteiger partial charge in [-0.3, -0.25) is 4.79 Å². The molecule has 0 radical (unpaired) electrons. The molecular weight excluding hydrogens is 242 g/mol. The van der Waals surface area contributed by atoms with E-state index in [4.69, 9.17) is 5.73 Å². The number of likely N-dealkylation sites (N-methyl/N-ethyl adjacent to an activating group) is 1. The zero-order valence-electron chi connectivity index (χ0n) is 12.0. The number of benzene rings is 1. The highest BCUT2D eigenvalue weighted by atomic mass is 16.3. The van der Waals surface area contributed by atoms with E-state index in [1.807, 2.05) is 25.9 Å². The Morgan fingerprint density at radius 1 is 1.47 bits per heavy atom. The van der Waals surface area contributed by atoms with Gasteiger partial charge < -0.3 is 21.1 Å². The average molecular weight is 265 g/mol. The van der Waals surface area contributed by atoms with Gasteiger partial charge in [0.15, 0.2) is 0 Å². The zero-order chi connectivity index (χ0) is 14.6. The molecule has 1 aromatic carbocycles. The van der Waals surface area contributed by atoms with E-state index in [1.54, 1.807) is 25.1 Å². The number of anilines is 1. The number of aliphatic hydroxyl groups is 1. The van der Waals surface area contributed by atoms with Crippen molar-refractivity contribution in [2.75, 3.05) is 32.9 Å². The first-order valence-corrected chi connectivity index (χ1v) is 6.23. The van der Waals surface area contributed by atoms with Crippen molar-refractivity contribution in [3.05, 3.63) is 29.3 Å². The minimum absolute atomic E-state index is 0.193. The van der Waals surface area contributed by atoms with E-state index in [-0.39, 0.29) is 12.5 Å². The number of nitrogen functional groups attached to an aromatic ring is 1. The fraction of sp³-hybridized carbons (Fsp3) is 0.500. The highest BCUT2D eigenvalue weighted by molar-refractivity contribution is 5.96. The maximum Gasteiger partial charge on any atom is 0.251 e. The van der Waals surface area contributed by atoms with Crippen LogP contribution in [0.2, 0.25) is 0 Å². The van der Waals surface area contributed by atoms with Gasteiger partial charge in [-0.05, 0) is 45.6 Å². The van der Waals surface area contributed by atoms with Gasteiger partial charge in [0, 0.05) is 24.3 Å². The van der Waals surface area contributed by atoms with Crippen molar-refractivity contribution in [2.45, 2.75) is 19.4 Å². The molecule has 0 heterocycles. The molecule has 0 aliphatic carbocycles. The summed E-state index contributed by atoms with van der Waals surface area (Å²) >= 11 is 0. The molecule has 0 saturated heterocycles. The van der Waals surface area contributed by atoms with E-state index in [1.165, 1.54) is 0 Å². The van der Waals surface area contributed by atoms with Gasteiger partial charge in [0.25, 0.3) is 5.91 Å². The molecule has 4 N–H and O–H groups in total. The van der Waals surface area contributed by atoms with Crippen LogP contribution < -0.4 is 11.1 Å². The highest BCUT2D eigenvalue weighted by Gasteiger charge is 2.22. The second-order valence-electron chi connectivity index (χ2n) is 5.44. The Morgan fingerprint density at radius 2 is 2.11 bits per heavy atom. The summed E-state index contributed by atoms with van der Waals surface area (Å²) in [6.45, 7) is 4.17. The lowest BCUT2D eigenvalue weighted by atomic mass is 10.0. The van der Waals surface area contributed by atoms with Crippen molar-refractivity contribution in [1.82, 2.24) is 10.2 Å². The number of rotatable bonds is 5. The van der Waals surface area contributed by atoms with Crippen LogP contribution in [0.25, 0.3) is 0 Å². The van der Waals surface area contributed by atoms with E-state index in [9.17, 15) is 9.90 Å². The van der Waals surface area contributed by atoms with Gasteiger partial charge in [0.2, 0.25) is 0 Å². The minimum atomic E-state index is -0.965. The van der Waals surface area contributed by atoms with Gasteiger partial charge in [0.1, 0.15) is 0 Å². The van der Waals surface area contributed by atoms with E-state index in [0.29, 0.717) is 17.8 Å². The molecule has 1 rings (SSSR count). The van der Waals surface area contributed by atoms with Gasteiger partial charge in [-0.15, -0.1) is 0 Å². The lowest BCUT2D eigenvalue weighted by Gasteiger charge is -2.27. The fourth-order valence-corrected chi connectivity index (χ4v) is 2.00. The van der Waals surface area contributed by atoms with E-state index < -0.39 is 5.60 Å². The topological polar surface area (TPSA) is 78.6 Å². The van der Waals surface area contributed by atoms with Gasteiger partial charge in [-0.1, -0.05) is 6.07 Å². The summed E-state index contributed by atoms with van der Waals surface area (Å²) in [6.07, 6.45) is 0. The molecule has 0 aromatic heterocycles.